The minimum Gasteiger partial charge on any atom is -0.492 e. The van der Waals surface area contributed by atoms with Crippen LogP contribution in [0, 0.1) is 11.2 Å². The number of aliphatic carboxylic acids is 1. The van der Waals surface area contributed by atoms with Gasteiger partial charge in [0.05, 0.1) is 11.5 Å². The topological polar surface area (TPSA) is 66.8 Å². The second-order valence-corrected chi connectivity index (χ2v) is 4.84. The molecule has 100 valence electrons. The van der Waals surface area contributed by atoms with E-state index in [4.69, 9.17) is 9.84 Å². The molecule has 0 heterocycles. The summed E-state index contributed by atoms with van der Waals surface area (Å²) in [4.78, 5) is 10.9. The lowest BCUT2D eigenvalue weighted by Crippen LogP contribution is -2.30. The second-order valence-electron chi connectivity index (χ2n) is 4.84. The van der Waals surface area contributed by atoms with E-state index >= 15 is 0 Å². The Balaban J connectivity index is 2.88. The highest BCUT2D eigenvalue weighted by Gasteiger charge is 2.28. The fourth-order valence-electron chi connectivity index (χ4n) is 1.30. The molecule has 1 aromatic rings. The molecular formula is C13H17FO4. The zero-order valence-electron chi connectivity index (χ0n) is 10.6. The SMILES string of the molecule is CC(O)c1cc(F)ccc1OCC(C)(C)C(=O)O. The number of benzene rings is 1. The van der Waals surface area contributed by atoms with Crippen LogP contribution in [0.5, 0.6) is 5.75 Å². The molecule has 0 aromatic heterocycles. The predicted octanol–water partition coefficient (Wildman–Crippen LogP) is 2.37. The normalized spacial score (nSPS) is 13.2. The molecule has 0 aliphatic carbocycles. The Kier molecular flexibility index (Phi) is 4.29. The van der Waals surface area contributed by atoms with Gasteiger partial charge in [-0.1, -0.05) is 0 Å². The molecule has 0 fully saturated rings. The van der Waals surface area contributed by atoms with E-state index < -0.39 is 23.3 Å². The summed E-state index contributed by atoms with van der Waals surface area (Å²) in [6.07, 6.45) is -0.886. The summed E-state index contributed by atoms with van der Waals surface area (Å²) < 4.78 is 18.4. The number of carboxylic acid groups (broad SMARTS) is 1. The Bertz CT molecular complexity index is 441. The van der Waals surface area contributed by atoms with Crippen LogP contribution in [0.25, 0.3) is 0 Å². The number of carboxylic acids is 1. The summed E-state index contributed by atoms with van der Waals surface area (Å²) in [7, 11) is 0. The largest absolute Gasteiger partial charge is 0.492 e. The Morgan fingerprint density at radius 2 is 2.11 bits per heavy atom. The van der Waals surface area contributed by atoms with E-state index in [0.29, 0.717) is 11.3 Å². The number of aliphatic hydroxyl groups is 1. The standard InChI is InChI=1S/C13H17FO4/c1-8(15)10-6-9(14)4-5-11(10)18-7-13(2,3)12(16)17/h4-6,8,15H,7H2,1-3H3,(H,16,17). The third-order valence-corrected chi connectivity index (χ3v) is 2.59. The second kappa shape index (κ2) is 5.35. The van der Waals surface area contributed by atoms with E-state index in [2.05, 4.69) is 0 Å². The van der Waals surface area contributed by atoms with E-state index in [1.807, 2.05) is 0 Å². The summed E-state index contributed by atoms with van der Waals surface area (Å²) >= 11 is 0. The van der Waals surface area contributed by atoms with Crippen molar-refractivity contribution in [3.63, 3.8) is 0 Å². The lowest BCUT2D eigenvalue weighted by molar-refractivity contribution is -0.148. The Labute approximate surface area is 105 Å². The van der Waals surface area contributed by atoms with Gasteiger partial charge in [-0.2, -0.15) is 0 Å². The quantitative estimate of drug-likeness (QED) is 0.848. The zero-order valence-corrected chi connectivity index (χ0v) is 10.6. The number of rotatable bonds is 5. The van der Waals surface area contributed by atoms with Crippen LogP contribution in [-0.4, -0.2) is 22.8 Å². The van der Waals surface area contributed by atoms with Gasteiger partial charge in [0.25, 0.3) is 0 Å². The number of halogens is 1. The summed E-state index contributed by atoms with van der Waals surface area (Å²) in [6, 6.07) is 3.76. The minimum atomic E-state index is -1.05. The van der Waals surface area contributed by atoms with Crippen LogP contribution in [0.3, 0.4) is 0 Å². The van der Waals surface area contributed by atoms with E-state index in [1.165, 1.54) is 39.0 Å². The van der Waals surface area contributed by atoms with Gasteiger partial charge in [-0.3, -0.25) is 4.79 Å². The van der Waals surface area contributed by atoms with Crippen molar-refractivity contribution in [3.05, 3.63) is 29.6 Å². The minimum absolute atomic E-state index is 0.0618. The van der Waals surface area contributed by atoms with Gasteiger partial charge in [-0.05, 0) is 39.0 Å². The first-order valence-electron chi connectivity index (χ1n) is 5.58. The molecule has 0 radical (unpaired) electrons. The maximum Gasteiger partial charge on any atom is 0.312 e. The van der Waals surface area contributed by atoms with Crippen LogP contribution >= 0.6 is 0 Å². The fourth-order valence-corrected chi connectivity index (χ4v) is 1.30. The van der Waals surface area contributed by atoms with Crippen molar-refractivity contribution in [2.45, 2.75) is 26.9 Å². The molecule has 0 aliphatic heterocycles. The monoisotopic (exact) mass is 256 g/mol. The average Bonchev–Trinajstić information content (AvgIpc) is 2.27. The molecule has 0 spiro atoms. The fraction of sp³-hybridized carbons (Fsp3) is 0.462. The van der Waals surface area contributed by atoms with Gasteiger partial charge in [0.1, 0.15) is 18.2 Å². The first-order chi connectivity index (χ1) is 8.24. The molecule has 0 saturated heterocycles. The van der Waals surface area contributed by atoms with Crippen molar-refractivity contribution in [1.82, 2.24) is 0 Å². The van der Waals surface area contributed by atoms with Crippen molar-refractivity contribution in [1.29, 1.82) is 0 Å². The summed E-state index contributed by atoms with van der Waals surface area (Å²) in [5, 5.41) is 18.5. The number of hydrogen-bond acceptors (Lipinski definition) is 3. The third-order valence-electron chi connectivity index (χ3n) is 2.59. The van der Waals surface area contributed by atoms with Crippen molar-refractivity contribution < 1.29 is 24.1 Å². The van der Waals surface area contributed by atoms with Gasteiger partial charge in [-0.15, -0.1) is 0 Å². The molecular weight excluding hydrogens is 239 g/mol. The van der Waals surface area contributed by atoms with Gasteiger partial charge in [0.15, 0.2) is 0 Å². The van der Waals surface area contributed by atoms with E-state index in [1.54, 1.807) is 0 Å². The van der Waals surface area contributed by atoms with Crippen LogP contribution in [0.1, 0.15) is 32.4 Å². The summed E-state index contributed by atoms with van der Waals surface area (Å²) in [5.41, 5.74) is -0.749. The number of aliphatic hydroxyl groups excluding tert-OH is 1. The van der Waals surface area contributed by atoms with Crippen LogP contribution < -0.4 is 4.74 Å². The van der Waals surface area contributed by atoms with Crippen molar-refractivity contribution >= 4 is 5.97 Å². The highest BCUT2D eigenvalue weighted by atomic mass is 19.1. The van der Waals surface area contributed by atoms with E-state index in [-0.39, 0.29) is 6.61 Å². The van der Waals surface area contributed by atoms with Crippen LogP contribution in [0.4, 0.5) is 4.39 Å². The van der Waals surface area contributed by atoms with Crippen LogP contribution in [0.2, 0.25) is 0 Å². The van der Waals surface area contributed by atoms with Crippen LogP contribution in [-0.2, 0) is 4.79 Å². The van der Waals surface area contributed by atoms with Gasteiger partial charge >= 0.3 is 5.97 Å². The molecule has 0 saturated carbocycles. The van der Waals surface area contributed by atoms with Crippen molar-refractivity contribution in [2.24, 2.45) is 5.41 Å². The molecule has 1 rings (SSSR count). The zero-order chi connectivity index (χ0) is 13.9. The lowest BCUT2D eigenvalue weighted by atomic mass is 9.95. The highest BCUT2D eigenvalue weighted by molar-refractivity contribution is 5.73. The van der Waals surface area contributed by atoms with Crippen molar-refractivity contribution in [3.8, 4) is 5.75 Å². The maximum atomic E-state index is 13.0. The number of carbonyl (C=O) groups is 1. The lowest BCUT2D eigenvalue weighted by Gasteiger charge is -2.21. The van der Waals surface area contributed by atoms with Gasteiger partial charge in [-0.25, -0.2) is 4.39 Å². The summed E-state index contributed by atoms with van der Waals surface area (Å²) in [6.45, 7) is 4.49. The first kappa shape index (κ1) is 14.4. The molecule has 1 atom stereocenters. The molecule has 0 bridgehead atoms. The Morgan fingerprint density at radius 3 is 2.61 bits per heavy atom. The molecule has 0 amide bonds. The highest BCUT2D eigenvalue weighted by Crippen LogP contribution is 2.27. The van der Waals surface area contributed by atoms with E-state index in [9.17, 15) is 14.3 Å². The van der Waals surface area contributed by atoms with Gasteiger partial charge < -0.3 is 14.9 Å². The average molecular weight is 256 g/mol. The van der Waals surface area contributed by atoms with Crippen molar-refractivity contribution in [2.75, 3.05) is 6.61 Å². The molecule has 2 N–H and O–H groups in total. The molecule has 1 aromatic carbocycles. The van der Waals surface area contributed by atoms with E-state index in [0.717, 1.165) is 0 Å². The van der Waals surface area contributed by atoms with Crippen LogP contribution in [0.15, 0.2) is 18.2 Å². The Morgan fingerprint density at radius 1 is 1.50 bits per heavy atom. The number of hydrogen-bond donors (Lipinski definition) is 2. The molecule has 4 nitrogen and oxygen atoms in total. The first-order valence-corrected chi connectivity index (χ1v) is 5.58. The molecule has 18 heavy (non-hydrogen) atoms. The van der Waals surface area contributed by atoms with Gasteiger partial charge in [0.2, 0.25) is 0 Å². The molecule has 0 aliphatic rings. The third kappa shape index (κ3) is 3.43. The molecule has 5 heteroatoms. The van der Waals surface area contributed by atoms with Gasteiger partial charge in [0, 0.05) is 5.56 Å². The molecule has 1 unspecified atom stereocenters. The maximum absolute atomic E-state index is 13.0. The Hall–Kier alpha value is -1.62. The predicted molar refractivity (Wildman–Crippen MR) is 63.9 cm³/mol. The number of ether oxygens (including phenoxy) is 1. The summed E-state index contributed by atoms with van der Waals surface area (Å²) in [5.74, 6) is -1.17. The smallest absolute Gasteiger partial charge is 0.312 e.